The van der Waals surface area contributed by atoms with Crippen LogP contribution in [-0.2, 0) is 38.5 Å². The highest BCUT2D eigenvalue weighted by molar-refractivity contribution is 5.40. The van der Waals surface area contributed by atoms with Gasteiger partial charge in [-0.05, 0) is 120 Å². The fourth-order valence-corrected chi connectivity index (χ4v) is 5.87. The van der Waals surface area contributed by atoms with Gasteiger partial charge in [-0.15, -0.1) is 0 Å². The summed E-state index contributed by atoms with van der Waals surface area (Å²) in [5, 5.41) is 0. The highest BCUT2D eigenvalue weighted by atomic mass is 14.2. The van der Waals surface area contributed by atoms with Crippen LogP contribution in [0.3, 0.4) is 0 Å². The maximum atomic E-state index is 2.49. The molecular formula is C38H54. The van der Waals surface area contributed by atoms with Crippen molar-refractivity contribution in [2.24, 2.45) is 23.7 Å². The molecule has 0 aromatic heterocycles. The van der Waals surface area contributed by atoms with E-state index in [-0.39, 0.29) is 0 Å². The number of aryl methyl sites for hydroxylation is 2. The van der Waals surface area contributed by atoms with Crippen molar-refractivity contribution in [3.05, 3.63) is 105 Å². The molecule has 0 N–H and O–H groups in total. The van der Waals surface area contributed by atoms with Crippen LogP contribution in [0.25, 0.3) is 0 Å². The number of hydrogen-bond acceptors (Lipinski definition) is 0. The first kappa shape index (κ1) is 30.2. The third-order valence-electron chi connectivity index (χ3n) is 7.18. The van der Waals surface area contributed by atoms with Gasteiger partial charge >= 0.3 is 0 Å². The Kier molecular flexibility index (Phi) is 11.3. The SMILES string of the molecule is Cc1cc(Cc2cc(Cc3cc(CCC(C)C)cc(CC(C)C)c3)cc(CC(C)C)c2)cc(CC(C)C)c1. The Morgan fingerprint density at radius 3 is 1.13 bits per heavy atom. The van der Waals surface area contributed by atoms with Gasteiger partial charge in [0.25, 0.3) is 0 Å². The highest BCUT2D eigenvalue weighted by Gasteiger charge is 2.10. The lowest BCUT2D eigenvalue weighted by Gasteiger charge is -2.15. The predicted octanol–water partition coefficient (Wildman–Crippen LogP) is 10.4. The van der Waals surface area contributed by atoms with E-state index in [1.165, 1.54) is 62.9 Å². The zero-order chi connectivity index (χ0) is 27.8. The molecule has 0 bridgehead atoms. The van der Waals surface area contributed by atoms with Gasteiger partial charge in [0, 0.05) is 0 Å². The van der Waals surface area contributed by atoms with E-state index < -0.39 is 0 Å². The molecule has 0 heterocycles. The maximum Gasteiger partial charge on any atom is -0.00254 e. The molecule has 0 unspecified atom stereocenters. The molecule has 0 aliphatic carbocycles. The molecule has 0 atom stereocenters. The fourth-order valence-electron chi connectivity index (χ4n) is 5.87. The lowest BCUT2D eigenvalue weighted by Crippen LogP contribution is -2.02. The van der Waals surface area contributed by atoms with Crippen LogP contribution in [0.15, 0.2) is 54.6 Å². The predicted molar refractivity (Wildman–Crippen MR) is 168 cm³/mol. The Morgan fingerprint density at radius 2 is 0.711 bits per heavy atom. The minimum atomic E-state index is 0.659. The summed E-state index contributed by atoms with van der Waals surface area (Å²) < 4.78 is 0. The summed E-state index contributed by atoms with van der Waals surface area (Å²) >= 11 is 0. The topological polar surface area (TPSA) is 0 Å². The summed E-state index contributed by atoms with van der Waals surface area (Å²) in [4.78, 5) is 0. The lowest BCUT2D eigenvalue weighted by molar-refractivity contribution is 0.585. The van der Waals surface area contributed by atoms with Crippen LogP contribution in [-0.4, -0.2) is 0 Å². The van der Waals surface area contributed by atoms with Gasteiger partial charge in [0.1, 0.15) is 0 Å². The molecule has 0 fully saturated rings. The molecule has 0 nitrogen and oxygen atoms in total. The van der Waals surface area contributed by atoms with Crippen molar-refractivity contribution in [3.63, 3.8) is 0 Å². The van der Waals surface area contributed by atoms with Crippen LogP contribution in [0.5, 0.6) is 0 Å². The largest absolute Gasteiger partial charge is 0.0628 e. The first-order valence-corrected chi connectivity index (χ1v) is 15.3. The monoisotopic (exact) mass is 510 g/mol. The lowest BCUT2D eigenvalue weighted by atomic mass is 9.90. The van der Waals surface area contributed by atoms with Gasteiger partial charge in [-0.3, -0.25) is 0 Å². The third-order valence-corrected chi connectivity index (χ3v) is 7.18. The molecule has 0 spiro atoms. The first-order chi connectivity index (χ1) is 17.9. The van der Waals surface area contributed by atoms with E-state index in [4.69, 9.17) is 0 Å². The average Bonchev–Trinajstić information content (AvgIpc) is 2.75. The highest BCUT2D eigenvalue weighted by Crippen LogP contribution is 2.24. The molecule has 0 aliphatic heterocycles. The molecule has 206 valence electrons. The van der Waals surface area contributed by atoms with E-state index in [2.05, 4.69) is 117 Å². The van der Waals surface area contributed by atoms with Crippen LogP contribution < -0.4 is 0 Å². The van der Waals surface area contributed by atoms with Crippen molar-refractivity contribution in [1.82, 2.24) is 0 Å². The van der Waals surface area contributed by atoms with Gasteiger partial charge in [-0.1, -0.05) is 116 Å². The normalized spacial score (nSPS) is 11.9. The number of benzene rings is 3. The van der Waals surface area contributed by atoms with Crippen molar-refractivity contribution in [2.75, 3.05) is 0 Å². The number of hydrogen-bond donors (Lipinski definition) is 0. The van der Waals surface area contributed by atoms with Crippen molar-refractivity contribution < 1.29 is 0 Å². The minimum Gasteiger partial charge on any atom is -0.0628 e. The van der Waals surface area contributed by atoms with Crippen molar-refractivity contribution in [3.8, 4) is 0 Å². The third kappa shape index (κ3) is 10.4. The zero-order valence-corrected chi connectivity index (χ0v) is 26.0. The van der Waals surface area contributed by atoms with Gasteiger partial charge in [-0.2, -0.15) is 0 Å². The summed E-state index contributed by atoms with van der Waals surface area (Å²) in [5.74, 6) is 2.76. The molecule has 0 amide bonds. The van der Waals surface area contributed by atoms with Crippen LogP contribution in [0, 0.1) is 30.6 Å². The van der Waals surface area contributed by atoms with Gasteiger partial charge in [-0.25, -0.2) is 0 Å². The van der Waals surface area contributed by atoms with Crippen LogP contribution in [0.2, 0.25) is 0 Å². The van der Waals surface area contributed by atoms with Crippen LogP contribution in [0.1, 0.15) is 112 Å². The molecule has 3 aromatic carbocycles. The summed E-state index contributed by atoms with van der Waals surface area (Å²) in [7, 11) is 0. The molecule has 3 rings (SSSR count). The Labute approximate surface area is 235 Å². The number of rotatable bonds is 13. The van der Waals surface area contributed by atoms with E-state index in [9.17, 15) is 0 Å². The van der Waals surface area contributed by atoms with Gasteiger partial charge in [0.15, 0.2) is 0 Å². The van der Waals surface area contributed by atoms with E-state index in [0.29, 0.717) is 17.8 Å². The molecule has 0 saturated heterocycles. The summed E-state index contributed by atoms with van der Waals surface area (Å²) in [5.41, 5.74) is 13.2. The molecule has 0 radical (unpaired) electrons. The minimum absolute atomic E-state index is 0.659. The smallest absolute Gasteiger partial charge is 0.00254 e. The second-order valence-electron chi connectivity index (χ2n) is 13.7. The standard InChI is InChI=1S/C38H54/c1-26(2)10-11-31-17-33(13-28(5)6)20-36(18-31)24-38-22-34(14-29(7)8)21-37(25-38)23-35-16-30(9)15-32(19-35)12-27(3)4/h15-22,25-29H,10-14,23-24H2,1-9H3. The second-order valence-corrected chi connectivity index (χ2v) is 13.7. The Bertz CT molecular complexity index is 1160. The first-order valence-electron chi connectivity index (χ1n) is 15.3. The van der Waals surface area contributed by atoms with E-state index in [0.717, 1.165) is 38.0 Å². The fraction of sp³-hybridized carbons (Fsp3) is 0.526. The van der Waals surface area contributed by atoms with E-state index in [1.807, 2.05) is 0 Å². The molecule has 0 heteroatoms. The average molecular weight is 511 g/mol. The summed E-state index contributed by atoms with van der Waals surface area (Å²) in [6.07, 6.45) is 7.92. The summed E-state index contributed by atoms with van der Waals surface area (Å²) in [6.45, 7) is 20.9. The van der Waals surface area contributed by atoms with E-state index in [1.54, 1.807) is 0 Å². The zero-order valence-electron chi connectivity index (χ0n) is 26.0. The second kappa shape index (κ2) is 14.2. The van der Waals surface area contributed by atoms with Gasteiger partial charge < -0.3 is 0 Å². The quantitative estimate of drug-likeness (QED) is 0.214. The van der Waals surface area contributed by atoms with Gasteiger partial charge in [0.05, 0.1) is 0 Å². The van der Waals surface area contributed by atoms with Crippen LogP contribution in [0.4, 0.5) is 0 Å². The summed E-state index contributed by atoms with van der Waals surface area (Å²) in [6, 6.07) is 22.1. The molecular weight excluding hydrogens is 456 g/mol. The molecule has 3 aromatic rings. The Morgan fingerprint density at radius 1 is 0.395 bits per heavy atom. The Balaban J connectivity index is 1.93. The molecule has 0 aliphatic rings. The van der Waals surface area contributed by atoms with Crippen molar-refractivity contribution in [1.29, 1.82) is 0 Å². The van der Waals surface area contributed by atoms with Gasteiger partial charge in [0.2, 0.25) is 0 Å². The maximum absolute atomic E-state index is 2.49. The molecule has 38 heavy (non-hydrogen) atoms. The molecule has 0 saturated carbocycles. The Hall–Kier alpha value is -2.34. The van der Waals surface area contributed by atoms with Crippen molar-refractivity contribution >= 4 is 0 Å². The van der Waals surface area contributed by atoms with Crippen LogP contribution >= 0.6 is 0 Å². The van der Waals surface area contributed by atoms with E-state index >= 15 is 0 Å². The van der Waals surface area contributed by atoms with Crippen molar-refractivity contribution in [2.45, 2.75) is 107 Å².